The lowest BCUT2D eigenvalue weighted by molar-refractivity contribution is -0.274. The van der Waals surface area contributed by atoms with E-state index in [-0.39, 0.29) is 17.4 Å². The van der Waals surface area contributed by atoms with Crippen LogP contribution in [0.1, 0.15) is 15.9 Å². The highest BCUT2D eigenvalue weighted by Crippen LogP contribution is 2.29. The molecule has 1 aromatic heterocycles. The summed E-state index contributed by atoms with van der Waals surface area (Å²) in [6.07, 6.45) is -4.95. The summed E-state index contributed by atoms with van der Waals surface area (Å²) in [6.45, 7) is 0.0345. The lowest BCUT2D eigenvalue weighted by Crippen LogP contribution is -2.25. The van der Waals surface area contributed by atoms with Crippen molar-refractivity contribution in [3.05, 3.63) is 93.2 Å². The van der Waals surface area contributed by atoms with Crippen molar-refractivity contribution in [3.8, 4) is 22.6 Å². The SMILES string of the molecule is O=C(NCc1cccc(-c2ccc(Cl)cc2)c1)c1c(O)c(=O)[nH]c2ccc(OC(F)(F)F)cc12. The van der Waals surface area contributed by atoms with Crippen LogP contribution < -0.4 is 15.6 Å². The van der Waals surface area contributed by atoms with Crippen molar-refractivity contribution in [3.63, 3.8) is 0 Å². The predicted molar refractivity (Wildman–Crippen MR) is 121 cm³/mol. The van der Waals surface area contributed by atoms with Gasteiger partial charge in [-0.05, 0) is 53.1 Å². The van der Waals surface area contributed by atoms with E-state index in [9.17, 15) is 27.9 Å². The summed E-state index contributed by atoms with van der Waals surface area (Å²) < 4.78 is 41.7. The smallest absolute Gasteiger partial charge is 0.502 e. The number of pyridine rings is 1. The number of carbonyl (C=O) groups is 1. The standard InChI is InChI=1S/C24H16ClF3N2O4/c25-16-6-4-14(5-7-16)15-3-1-2-13(10-15)12-29-22(32)20-18-11-17(34-24(26,27)28)8-9-19(18)30-23(33)21(20)31/h1-11,31H,12H2,(H,29,32)(H,30,33). The summed E-state index contributed by atoms with van der Waals surface area (Å²) in [5.41, 5.74) is 1.16. The lowest BCUT2D eigenvalue weighted by Gasteiger charge is -2.13. The van der Waals surface area contributed by atoms with Crippen molar-refractivity contribution in [1.82, 2.24) is 10.3 Å². The Kier molecular flexibility index (Phi) is 6.21. The fourth-order valence-corrected chi connectivity index (χ4v) is 3.59. The summed E-state index contributed by atoms with van der Waals surface area (Å²) in [5.74, 6) is -2.35. The Morgan fingerprint density at radius 3 is 2.47 bits per heavy atom. The minimum Gasteiger partial charge on any atom is -0.502 e. The van der Waals surface area contributed by atoms with Gasteiger partial charge < -0.3 is 20.1 Å². The number of aromatic nitrogens is 1. The molecular formula is C24H16ClF3N2O4. The van der Waals surface area contributed by atoms with Crippen LogP contribution in [0.4, 0.5) is 13.2 Å². The molecule has 1 heterocycles. The van der Waals surface area contributed by atoms with E-state index in [0.29, 0.717) is 5.02 Å². The van der Waals surface area contributed by atoms with Gasteiger partial charge in [0.05, 0.1) is 5.56 Å². The Labute approximate surface area is 195 Å². The van der Waals surface area contributed by atoms with Crippen LogP contribution in [0.3, 0.4) is 0 Å². The van der Waals surface area contributed by atoms with Crippen molar-refractivity contribution in [2.45, 2.75) is 12.9 Å². The van der Waals surface area contributed by atoms with Gasteiger partial charge in [-0.15, -0.1) is 13.2 Å². The normalized spacial score (nSPS) is 11.4. The highest BCUT2D eigenvalue weighted by atomic mass is 35.5. The number of ether oxygens (including phenoxy) is 1. The zero-order valence-electron chi connectivity index (χ0n) is 17.2. The fourth-order valence-electron chi connectivity index (χ4n) is 3.46. The quantitative estimate of drug-likeness (QED) is 0.351. The van der Waals surface area contributed by atoms with Gasteiger partial charge in [-0.3, -0.25) is 9.59 Å². The van der Waals surface area contributed by atoms with Gasteiger partial charge in [0.1, 0.15) is 5.75 Å². The number of rotatable bonds is 5. The number of halogens is 4. The van der Waals surface area contributed by atoms with Crippen LogP contribution in [0.5, 0.6) is 11.5 Å². The second-order valence-corrected chi connectivity index (χ2v) is 7.76. The zero-order valence-corrected chi connectivity index (χ0v) is 18.0. The molecule has 0 saturated heterocycles. The van der Waals surface area contributed by atoms with E-state index >= 15 is 0 Å². The van der Waals surface area contributed by atoms with Crippen LogP contribution in [0.25, 0.3) is 22.0 Å². The fraction of sp³-hybridized carbons (Fsp3) is 0.0833. The average molecular weight is 489 g/mol. The zero-order chi connectivity index (χ0) is 24.5. The molecule has 174 valence electrons. The second-order valence-electron chi connectivity index (χ2n) is 7.32. The maximum Gasteiger partial charge on any atom is 0.573 e. The third-order valence-corrected chi connectivity index (χ3v) is 5.23. The Balaban J connectivity index is 1.62. The molecule has 0 saturated carbocycles. The van der Waals surface area contributed by atoms with Gasteiger partial charge in [0, 0.05) is 22.5 Å². The number of amides is 1. The molecule has 34 heavy (non-hydrogen) atoms. The lowest BCUT2D eigenvalue weighted by atomic mass is 10.0. The maximum atomic E-state index is 12.9. The van der Waals surface area contributed by atoms with Gasteiger partial charge >= 0.3 is 6.36 Å². The highest BCUT2D eigenvalue weighted by molar-refractivity contribution is 6.30. The van der Waals surface area contributed by atoms with E-state index in [1.807, 2.05) is 24.3 Å². The average Bonchev–Trinajstić information content (AvgIpc) is 2.78. The first-order valence-electron chi connectivity index (χ1n) is 9.88. The molecule has 10 heteroatoms. The highest BCUT2D eigenvalue weighted by Gasteiger charge is 2.31. The number of alkyl halides is 3. The monoisotopic (exact) mass is 488 g/mol. The summed E-state index contributed by atoms with van der Waals surface area (Å²) in [7, 11) is 0. The summed E-state index contributed by atoms with van der Waals surface area (Å²) in [6, 6.07) is 17.6. The van der Waals surface area contributed by atoms with Gasteiger partial charge in [-0.1, -0.05) is 41.9 Å². The molecule has 0 radical (unpaired) electrons. The molecule has 4 aromatic rings. The second kappa shape index (κ2) is 9.11. The number of hydrogen-bond acceptors (Lipinski definition) is 4. The van der Waals surface area contributed by atoms with Crippen LogP contribution in [-0.2, 0) is 6.54 Å². The third-order valence-electron chi connectivity index (χ3n) is 4.98. The first-order chi connectivity index (χ1) is 16.1. The minimum absolute atomic E-state index is 0.0345. The molecule has 1 amide bonds. The summed E-state index contributed by atoms with van der Waals surface area (Å²) >= 11 is 5.92. The van der Waals surface area contributed by atoms with Gasteiger partial charge in [0.2, 0.25) is 0 Å². The number of H-pyrrole nitrogens is 1. The van der Waals surface area contributed by atoms with E-state index in [2.05, 4.69) is 15.0 Å². The molecule has 0 unspecified atom stereocenters. The van der Waals surface area contributed by atoms with Crippen molar-refractivity contribution < 1.29 is 27.8 Å². The van der Waals surface area contributed by atoms with Gasteiger partial charge in [0.25, 0.3) is 11.5 Å². The van der Waals surface area contributed by atoms with Crippen LogP contribution in [0.15, 0.2) is 71.5 Å². The van der Waals surface area contributed by atoms with E-state index in [0.717, 1.165) is 34.9 Å². The Bertz CT molecular complexity index is 1430. The number of nitrogens with one attached hydrogen (secondary N) is 2. The van der Waals surface area contributed by atoms with E-state index in [4.69, 9.17) is 11.6 Å². The molecule has 0 fully saturated rings. The van der Waals surface area contributed by atoms with E-state index < -0.39 is 34.9 Å². The summed E-state index contributed by atoms with van der Waals surface area (Å²) in [4.78, 5) is 27.3. The molecule has 4 rings (SSSR count). The van der Waals surface area contributed by atoms with Gasteiger partial charge in [-0.25, -0.2) is 0 Å². The maximum absolute atomic E-state index is 12.9. The number of benzene rings is 3. The molecule has 0 atom stereocenters. The first kappa shape index (κ1) is 23.2. The molecule has 3 aromatic carbocycles. The van der Waals surface area contributed by atoms with E-state index in [1.165, 1.54) is 0 Å². The van der Waals surface area contributed by atoms with Gasteiger partial charge in [-0.2, -0.15) is 0 Å². The van der Waals surface area contributed by atoms with Crippen molar-refractivity contribution in [2.24, 2.45) is 0 Å². The number of aromatic amines is 1. The predicted octanol–water partition coefficient (Wildman–Crippen LogP) is 5.38. The largest absolute Gasteiger partial charge is 0.573 e. The van der Waals surface area contributed by atoms with Gasteiger partial charge in [0.15, 0.2) is 5.75 Å². The topological polar surface area (TPSA) is 91.4 Å². The van der Waals surface area contributed by atoms with Crippen molar-refractivity contribution in [1.29, 1.82) is 0 Å². The molecule has 0 aliphatic carbocycles. The number of aromatic hydroxyl groups is 1. The molecule has 0 spiro atoms. The molecule has 0 aliphatic heterocycles. The summed E-state index contributed by atoms with van der Waals surface area (Å²) in [5, 5.41) is 13.3. The van der Waals surface area contributed by atoms with Crippen molar-refractivity contribution in [2.75, 3.05) is 0 Å². The molecule has 0 bridgehead atoms. The van der Waals surface area contributed by atoms with Crippen LogP contribution in [-0.4, -0.2) is 22.4 Å². The number of hydrogen-bond donors (Lipinski definition) is 3. The molecule has 0 aliphatic rings. The van der Waals surface area contributed by atoms with Crippen LogP contribution in [0, 0.1) is 0 Å². The number of carbonyl (C=O) groups excluding carboxylic acids is 1. The Hall–Kier alpha value is -3.98. The molecular weight excluding hydrogens is 473 g/mol. The number of fused-ring (bicyclic) bond motifs is 1. The van der Waals surface area contributed by atoms with Crippen LogP contribution >= 0.6 is 11.6 Å². The van der Waals surface area contributed by atoms with E-state index in [1.54, 1.807) is 24.3 Å². The third kappa shape index (κ3) is 5.15. The van der Waals surface area contributed by atoms with Crippen LogP contribution in [0.2, 0.25) is 5.02 Å². The minimum atomic E-state index is -4.95. The Morgan fingerprint density at radius 1 is 1.03 bits per heavy atom. The molecule has 3 N–H and O–H groups in total. The first-order valence-corrected chi connectivity index (χ1v) is 10.3. The molecule has 6 nitrogen and oxygen atoms in total. The van der Waals surface area contributed by atoms with Crippen molar-refractivity contribution >= 4 is 28.4 Å². The Morgan fingerprint density at radius 2 is 1.76 bits per heavy atom.